The van der Waals surface area contributed by atoms with Crippen LogP contribution in [0.4, 0.5) is 10.5 Å². The third-order valence-electron chi connectivity index (χ3n) is 2.20. The lowest BCUT2D eigenvalue weighted by molar-refractivity contribution is 0.184. The monoisotopic (exact) mass is 254 g/mol. The molecule has 1 rings (SSSR count). The van der Waals surface area contributed by atoms with Crippen LogP contribution < -0.4 is 10.6 Å². The second-order valence-electron chi connectivity index (χ2n) is 3.72. The van der Waals surface area contributed by atoms with Crippen molar-refractivity contribution in [2.45, 2.75) is 24.3 Å². The second kappa shape index (κ2) is 7.19. The highest BCUT2D eigenvalue weighted by Gasteiger charge is 2.05. The van der Waals surface area contributed by atoms with E-state index in [9.17, 15) is 4.79 Å². The van der Waals surface area contributed by atoms with E-state index in [2.05, 4.69) is 10.6 Å². The average molecular weight is 254 g/mol. The van der Waals surface area contributed by atoms with Gasteiger partial charge in [0, 0.05) is 11.4 Å². The van der Waals surface area contributed by atoms with Crippen molar-refractivity contribution in [1.29, 1.82) is 0 Å². The van der Waals surface area contributed by atoms with E-state index in [1.807, 2.05) is 30.5 Å². The summed E-state index contributed by atoms with van der Waals surface area (Å²) in [5.41, 5.74) is 0.801. The molecule has 1 aromatic rings. The van der Waals surface area contributed by atoms with Crippen molar-refractivity contribution in [2.24, 2.45) is 0 Å². The molecule has 0 fully saturated rings. The van der Waals surface area contributed by atoms with E-state index in [1.165, 1.54) is 0 Å². The zero-order chi connectivity index (χ0) is 12.7. The molecule has 2 amide bonds. The van der Waals surface area contributed by atoms with Gasteiger partial charge in [-0.05, 0) is 31.7 Å². The largest absolute Gasteiger partial charge is 0.393 e. The molecule has 0 spiro atoms. The predicted octanol–water partition coefficient (Wildman–Crippen LogP) is 2.30. The molecule has 1 aromatic carbocycles. The van der Waals surface area contributed by atoms with Crippen LogP contribution in [0.1, 0.15) is 13.3 Å². The van der Waals surface area contributed by atoms with Gasteiger partial charge in [-0.3, -0.25) is 0 Å². The molecule has 0 radical (unpaired) electrons. The number of anilines is 1. The van der Waals surface area contributed by atoms with Crippen LogP contribution in [0.15, 0.2) is 29.2 Å². The van der Waals surface area contributed by atoms with Crippen LogP contribution in [-0.2, 0) is 0 Å². The number of rotatable bonds is 5. The molecule has 17 heavy (non-hydrogen) atoms. The maximum absolute atomic E-state index is 11.5. The Morgan fingerprint density at radius 1 is 1.47 bits per heavy atom. The van der Waals surface area contributed by atoms with E-state index in [-0.39, 0.29) is 6.03 Å². The maximum atomic E-state index is 11.5. The molecule has 5 heteroatoms. The zero-order valence-corrected chi connectivity index (χ0v) is 10.9. The summed E-state index contributed by atoms with van der Waals surface area (Å²) in [6, 6.07) is 7.39. The quantitative estimate of drug-likeness (QED) is 0.707. The lowest BCUT2D eigenvalue weighted by Gasteiger charge is -2.11. The highest BCUT2D eigenvalue weighted by Crippen LogP contribution is 2.24. The molecule has 0 aromatic heterocycles. The van der Waals surface area contributed by atoms with Crippen molar-refractivity contribution in [3.05, 3.63) is 24.3 Å². The number of urea groups is 1. The van der Waals surface area contributed by atoms with Gasteiger partial charge in [-0.1, -0.05) is 12.1 Å². The number of thioether (sulfide) groups is 1. The lowest BCUT2D eigenvalue weighted by Crippen LogP contribution is -2.31. The molecule has 0 aliphatic heterocycles. The molecule has 3 N–H and O–H groups in total. The molecule has 94 valence electrons. The van der Waals surface area contributed by atoms with Crippen LogP contribution >= 0.6 is 11.8 Å². The zero-order valence-electron chi connectivity index (χ0n) is 10.1. The van der Waals surface area contributed by atoms with Crippen molar-refractivity contribution >= 4 is 23.5 Å². The molecule has 1 atom stereocenters. The Morgan fingerprint density at radius 2 is 2.18 bits per heavy atom. The molecule has 0 bridgehead atoms. The summed E-state index contributed by atoms with van der Waals surface area (Å²) in [4.78, 5) is 12.6. The predicted molar refractivity (Wildman–Crippen MR) is 71.5 cm³/mol. The van der Waals surface area contributed by atoms with Crippen molar-refractivity contribution in [1.82, 2.24) is 5.32 Å². The van der Waals surface area contributed by atoms with Crippen LogP contribution in [0.25, 0.3) is 0 Å². The van der Waals surface area contributed by atoms with Crippen LogP contribution in [-0.4, -0.2) is 30.0 Å². The topological polar surface area (TPSA) is 61.4 Å². The minimum Gasteiger partial charge on any atom is -0.393 e. The smallest absolute Gasteiger partial charge is 0.319 e. The highest BCUT2D eigenvalue weighted by atomic mass is 32.2. The van der Waals surface area contributed by atoms with Gasteiger partial charge in [0.25, 0.3) is 0 Å². The molecule has 0 aliphatic rings. The van der Waals surface area contributed by atoms with Crippen molar-refractivity contribution in [2.75, 3.05) is 18.1 Å². The standard InChI is InChI=1S/C12H18N2O2S/c1-9(15)7-8-13-12(16)14-10-5-3-4-6-11(10)17-2/h3-6,9,15H,7-8H2,1-2H3,(H2,13,14,16). The summed E-state index contributed by atoms with van der Waals surface area (Å²) in [7, 11) is 0. The van der Waals surface area contributed by atoms with Crippen LogP contribution in [0.5, 0.6) is 0 Å². The molecule has 0 saturated carbocycles. The van der Waals surface area contributed by atoms with Gasteiger partial charge in [0.05, 0.1) is 11.8 Å². The Kier molecular flexibility index (Phi) is 5.86. The number of amides is 2. The Morgan fingerprint density at radius 3 is 2.82 bits per heavy atom. The Balaban J connectivity index is 2.45. The van der Waals surface area contributed by atoms with E-state index in [4.69, 9.17) is 5.11 Å². The molecular weight excluding hydrogens is 236 g/mol. The van der Waals surface area contributed by atoms with Gasteiger partial charge in [0.15, 0.2) is 0 Å². The van der Waals surface area contributed by atoms with E-state index in [0.29, 0.717) is 13.0 Å². The van der Waals surface area contributed by atoms with Gasteiger partial charge in [-0.15, -0.1) is 11.8 Å². The minimum absolute atomic E-state index is 0.243. The van der Waals surface area contributed by atoms with Gasteiger partial charge in [0.2, 0.25) is 0 Å². The Hall–Kier alpha value is -1.20. The van der Waals surface area contributed by atoms with E-state index >= 15 is 0 Å². The summed E-state index contributed by atoms with van der Waals surface area (Å²) in [6.07, 6.45) is 2.12. The third kappa shape index (κ3) is 5.10. The normalized spacial score (nSPS) is 11.9. The average Bonchev–Trinajstić information content (AvgIpc) is 2.29. The van der Waals surface area contributed by atoms with Crippen molar-refractivity contribution < 1.29 is 9.90 Å². The van der Waals surface area contributed by atoms with Crippen molar-refractivity contribution in [3.8, 4) is 0 Å². The van der Waals surface area contributed by atoms with Crippen LogP contribution in [0, 0.1) is 0 Å². The van der Waals surface area contributed by atoms with Gasteiger partial charge in [-0.2, -0.15) is 0 Å². The van der Waals surface area contributed by atoms with E-state index in [1.54, 1.807) is 18.7 Å². The fraction of sp³-hybridized carbons (Fsp3) is 0.417. The number of nitrogens with one attached hydrogen (secondary N) is 2. The molecule has 1 unspecified atom stereocenters. The van der Waals surface area contributed by atoms with Gasteiger partial charge in [0.1, 0.15) is 0 Å². The number of aliphatic hydroxyl groups excluding tert-OH is 1. The fourth-order valence-corrected chi connectivity index (χ4v) is 1.86. The molecule has 0 heterocycles. The number of hydrogen-bond acceptors (Lipinski definition) is 3. The summed E-state index contributed by atoms with van der Waals surface area (Å²) in [5.74, 6) is 0. The number of para-hydroxylation sites is 1. The fourth-order valence-electron chi connectivity index (χ4n) is 1.31. The maximum Gasteiger partial charge on any atom is 0.319 e. The Bertz CT molecular complexity index is 369. The van der Waals surface area contributed by atoms with Gasteiger partial charge in [-0.25, -0.2) is 4.79 Å². The summed E-state index contributed by atoms with van der Waals surface area (Å²) >= 11 is 1.58. The highest BCUT2D eigenvalue weighted by molar-refractivity contribution is 7.98. The third-order valence-corrected chi connectivity index (χ3v) is 3.00. The van der Waals surface area contributed by atoms with E-state index in [0.717, 1.165) is 10.6 Å². The second-order valence-corrected chi connectivity index (χ2v) is 4.57. The summed E-state index contributed by atoms with van der Waals surface area (Å²) in [6.45, 7) is 2.16. The molecular formula is C12H18N2O2S. The molecule has 0 saturated heterocycles. The van der Waals surface area contributed by atoms with Gasteiger partial charge < -0.3 is 15.7 Å². The minimum atomic E-state index is -0.395. The first-order valence-electron chi connectivity index (χ1n) is 5.49. The number of benzene rings is 1. The van der Waals surface area contributed by atoms with Crippen molar-refractivity contribution in [3.63, 3.8) is 0 Å². The number of carbonyl (C=O) groups excluding carboxylic acids is 1. The first-order chi connectivity index (χ1) is 8.13. The Labute approximate surface area is 106 Å². The van der Waals surface area contributed by atoms with Crippen LogP contribution in [0.2, 0.25) is 0 Å². The molecule has 0 aliphatic carbocycles. The first kappa shape index (κ1) is 13.9. The number of aliphatic hydroxyl groups is 1. The molecule has 4 nitrogen and oxygen atoms in total. The first-order valence-corrected chi connectivity index (χ1v) is 6.72. The van der Waals surface area contributed by atoms with Gasteiger partial charge >= 0.3 is 6.03 Å². The van der Waals surface area contributed by atoms with Crippen LogP contribution in [0.3, 0.4) is 0 Å². The van der Waals surface area contributed by atoms with E-state index < -0.39 is 6.10 Å². The SMILES string of the molecule is CSc1ccccc1NC(=O)NCCC(C)O. The number of hydrogen-bond donors (Lipinski definition) is 3. The number of carbonyl (C=O) groups is 1. The summed E-state index contributed by atoms with van der Waals surface area (Å²) < 4.78 is 0. The lowest BCUT2D eigenvalue weighted by atomic mass is 10.3. The summed E-state index contributed by atoms with van der Waals surface area (Å²) in [5, 5.41) is 14.5.